The molecule has 0 aromatic rings. The Morgan fingerprint density at radius 3 is 3.08 bits per heavy atom. The molecule has 1 unspecified atom stereocenters. The first-order chi connectivity index (χ1) is 5.86. The molecule has 3 heteroatoms. The minimum Gasteiger partial charge on any atom is -0.459 e. The summed E-state index contributed by atoms with van der Waals surface area (Å²) in [6, 6.07) is 0. The lowest BCUT2D eigenvalue weighted by Gasteiger charge is -2.09. The largest absolute Gasteiger partial charge is 0.459 e. The Bertz CT molecular complexity index is 184. The third kappa shape index (κ3) is 2.58. The van der Waals surface area contributed by atoms with Gasteiger partial charge in [-0.05, 0) is 13.3 Å². The Morgan fingerprint density at radius 1 is 1.67 bits per heavy atom. The summed E-state index contributed by atoms with van der Waals surface area (Å²) in [6.07, 6.45) is 7.08. The van der Waals surface area contributed by atoms with Crippen molar-refractivity contribution in [2.45, 2.75) is 26.1 Å². The summed E-state index contributed by atoms with van der Waals surface area (Å²) in [7, 11) is 0. The molecule has 1 rings (SSSR count). The van der Waals surface area contributed by atoms with Crippen molar-refractivity contribution in [2.24, 2.45) is 0 Å². The maximum atomic E-state index is 8.67. The van der Waals surface area contributed by atoms with E-state index in [-0.39, 0.29) is 12.9 Å². The number of ether oxygens (including phenoxy) is 2. The molecule has 0 aliphatic carbocycles. The SMILES string of the molecule is CC=CCCC1OC=C(CO)O1. The van der Waals surface area contributed by atoms with Crippen LogP contribution in [0.2, 0.25) is 0 Å². The monoisotopic (exact) mass is 170 g/mol. The van der Waals surface area contributed by atoms with E-state index in [1.165, 1.54) is 6.26 Å². The summed E-state index contributed by atoms with van der Waals surface area (Å²) in [5, 5.41) is 8.67. The minimum absolute atomic E-state index is 0.0832. The molecular formula is C9H14O3. The van der Waals surface area contributed by atoms with Crippen molar-refractivity contribution in [3.05, 3.63) is 24.2 Å². The van der Waals surface area contributed by atoms with Crippen molar-refractivity contribution in [2.75, 3.05) is 6.61 Å². The Hall–Kier alpha value is -0.960. The molecule has 0 aromatic carbocycles. The van der Waals surface area contributed by atoms with Gasteiger partial charge in [0.1, 0.15) is 12.9 Å². The van der Waals surface area contributed by atoms with E-state index < -0.39 is 0 Å². The zero-order valence-electron chi connectivity index (χ0n) is 7.19. The van der Waals surface area contributed by atoms with Crippen LogP contribution in [0.15, 0.2) is 24.2 Å². The van der Waals surface area contributed by atoms with Gasteiger partial charge in [0.2, 0.25) is 6.29 Å². The molecule has 0 saturated carbocycles. The molecule has 1 heterocycles. The lowest BCUT2D eigenvalue weighted by atomic mass is 10.3. The van der Waals surface area contributed by atoms with Crippen molar-refractivity contribution in [3.8, 4) is 0 Å². The lowest BCUT2D eigenvalue weighted by Crippen LogP contribution is -2.08. The van der Waals surface area contributed by atoms with Crippen molar-refractivity contribution in [3.63, 3.8) is 0 Å². The van der Waals surface area contributed by atoms with Gasteiger partial charge in [0.05, 0.1) is 0 Å². The third-order valence-corrected chi connectivity index (χ3v) is 1.59. The normalized spacial score (nSPS) is 22.2. The van der Waals surface area contributed by atoms with Gasteiger partial charge in [0.15, 0.2) is 5.76 Å². The fourth-order valence-electron chi connectivity index (χ4n) is 0.977. The Kier molecular flexibility index (Phi) is 3.67. The molecule has 0 aromatic heterocycles. The lowest BCUT2D eigenvalue weighted by molar-refractivity contribution is -0.0411. The van der Waals surface area contributed by atoms with Crippen LogP contribution in [-0.4, -0.2) is 18.0 Å². The molecule has 0 fully saturated rings. The van der Waals surface area contributed by atoms with Crippen molar-refractivity contribution in [1.82, 2.24) is 0 Å². The molecule has 0 amide bonds. The zero-order valence-corrected chi connectivity index (χ0v) is 7.19. The van der Waals surface area contributed by atoms with Crippen LogP contribution in [0.3, 0.4) is 0 Å². The maximum absolute atomic E-state index is 8.67. The summed E-state index contributed by atoms with van der Waals surface area (Å²) in [5.41, 5.74) is 0. The van der Waals surface area contributed by atoms with E-state index in [0.717, 1.165) is 12.8 Å². The van der Waals surface area contributed by atoms with Crippen LogP contribution in [0.4, 0.5) is 0 Å². The fraction of sp³-hybridized carbons (Fsp3) is 0.556. The second kappa shape index (κ2) is 4.83. The van der Waals surface area contributed by atoms with Gasteiger partial charge in [-0.3, -0.25) is 0 Å². The summed E-state index contributed by atoms with van der Waals surface area (Å²) >= 11 is 0. The smallest absolute Gasteiger partial charge is 0.240 e. The van der Waals surface area contributed by atoms with Crippen LogP contribution in [0.1, 0.15) is 19.8 Å². The summed E-state index contributed by atoms with van der Waals surface area (Å²) < 4.78 is 10.3. The first-order valence-corrected chi connectivity index (χ1v) is 4.10. The van der Waals surface area contributed by atoms with E-state index >= 15 is 0 Å². The third-order valence-electron chi connectivity index (χ3n) is 1.59. The number of aliphatic hydroxyl groups excluding tert-OH is 1. The van der Waals surface area contributed by atoms with E-state index in [0.29, 0.717) is 5.76 Å². The Morgan fingerprint density at radius 2 is 2.50 bits per heavy atom. The average molecular weight is 170 g/mol. The Balaban J connectivity index is 2.14. The van der Waals surface area contributed by atoms with E-state index in [9.17, 15) is 0 Å². The van der Waals surface area contributed by atoms with Gasteiger partial charge in [-0.25, -0.2) is 0 Å². The van der Waals surface area contributed by atoms with Gasteiger partial charge >= 0.3 is 0 Å². The van der Waals surface area contributed by atoms with Gasteiger partial charge < -0.3 is 14.6 Å². The number of hydrogen-bond donors (Lipinski definition) is 1. The number of rotatable bonds is 4. The highest BCUT2D eigenvalue weighted by Crippen LogP contribution is 2.17. The van der Waals surface area contributed by atoms with Crippen molar-refractivity contribution in [1.29, 1.82) is 0 Å². The molecule has 68 valence electrons. The molecule has 3 nitrogen and oxygen atoms in total. The second-order valence-electron chi connectivity index (χ2n) is 2.57. The number of hydrogen-bond acceptors (Lipinski definition) is 3. The van der Waals surface area contributed by atoms with Crippen LogP contribution in [-0.2, 0) is 9.47 Å². The molecule has 1 N–H and O–H groups in total. The summed E-state index contributed by atoms with van der Waals surface area (Å²) in [6.45, 7) is 1.90. The molecule has 0 bridgehead atoms. The summed E-state index contributed by atoms with van der Waals surface area (Å²) in [5.74, 6) is 0.514. The highest BCUT2D eigenvalue weighted by atomic mass is 16.7. The number of aliphatic hydroxyl groups is 1. The van der Waals surface area contributed by atoms with E-state index in [2.05, 4.69) is 6.08 Å². The minimum atomic E-state index is -0.205. The molecular weight excluding hydrogens is 156 g/mol. The van der Waals surface area contributed by atoms with E-state index in [1.54, 1.807) is 0 Å². The first-order valence-electron chi connectivity index (χ1n) is 4.10. The Labute approximate surface area is 72.3 Å². The van der Waals surface area contributed by atoms with E-state index in [1.807, 2.05) is 13.0 Å². The standard InChI is InChI=1S/C9H14O3/c1-2-3-4-5-9-11-7-8(6-10)12-9/h2-3,7,9-10H,4-6H2,1H3. The van der Waals surface area contributed by atoms with Gasteiger partial charge in [0, 0.05) is 6.42 Å². The predicted molar refractivity (Wildman–Crippen MR) is 45.2 cm³/mol. The maximum Gasteiger partial charge on any atom is 0.240 e. The quantitative estimate of drug-likeness (QED) is 0.650. The molecule has 1 aliphatic heterocycles. The molecule has 0 saturated heterocycles. The highest BCUT2D eigenvalue weighted by Gasteiger charge is 2.17. The summed E-state index contributed by atoms with van der Waals surface area (Å²) in [4.78, 5) is 0. The van der Waals surface area contributed by atoms with Gasteiger partial charge in [-0.2, -0.15) is 0 Å². The van der Waals surface area contributed by atoms with Crippen LogP contribution in [0.25, 0.3) is 0 Å². The topological polar surface area (TPSA) is 38.7 Å². The van der Waals surface area contributed by atoms with Gasteiger partial charge in [0.25, 0.3) is 0 Å². The van der Waals surface area contributed by atoms with Crippen LogP contribution in [0.5, 0.6) is 0 Å². The van der Waals surface area contributed by atoms with Gasteiger partial charge in [-0.15, -0.1) is 0 Å². The zero-order chi connectivity index (χ0) is 8.81. The van der Waals surface area contributed by atoms with Crippen LogP contribution in [0, 0.1) is 0 Å². The van der Waals surface area contributed by atoms with Crippen molar-refractivity contribution >= 4 is 0 Å². The average Bonchev–Trinajstić information content (AvgIpc) is 2.53. The molecule has 1 aliphatic rings. The van der Waals surface area contributed by atoms with Crippen LogP contribution < -0.4 is 0 Å². The molecule has 0 spiro atoms. The number of allylic oxidation sites excluding steroid dienone is 2. The molecule has 0 radical (unpaired) electrons. The van der Waals surface area contributed by atoms with E-state index in [4.69, 9.17) is 14.6 Å². The fourth-order valence-corrected chi connectivity index (χ4v) is 0.977. The van der Waals surface area contributed by atoms with Crippen LogP contribution >= 0.6 is 0 Å². The van der Waals surface area contributed by atoms with Gasteiger partial charge in [-0.1, -0.05) is 12.2 Å². The molecule has 1 atom stereocenters. The predicted octanol–water partition coefficient (Wildman–Crippen LogP) is 1.55. The highest BCUT2D eigenvalue weighted by molar-refractivity contribution is 4.92. The first kappa shape index (κ1) is 9.13. The second-order valence-corrected chi connectivity index (χ2v) is 2.57. The van der Waals surface area contributed by atoms with Crippen molar-refractivity contribution < 1.29 is 14.6 Å². The molecule has 12 heavy (non-hydrogen) atoms.